The van der Waals surface area contributed by atoms with Gasteiger partial charge in [-0.1, -0.05) is 36.9 Å². The van der Waals surface area contributed by atoms with Crippen LogP contribution in [-0.4, -0.2) is 57.7 Å². The number of ether oxygens (including phenoxy) is 1. The summed E-state index contributed by atoms with van der Waals surface area (Å²) < 4.78 is 5.23. The number of carbonyl (C=O) groups is 1. The van der Waals surface area contributed by atoms with Gasteiger partial charge in [-0.2, -0.15) is 0 Å². The van der Waals surface area contributed by atoms with Crippen LogP contribution in [0.5, 0.6) is 0 Å². The maximum absolute atomic E-state index is 10.9. The molecule has 0 unspecified atom stereocenters. The van der Waals surface area contributed by atoms with E-state index < -0.39 is 31.0 Å². The Kier molecular flexibility index (Phi) is 7.21. The number of aldehydes is 1. The van der Waals surface area contributed by atoms with Gasteiger partial charge in [0.05, 0.1) is 13.2 Å². The second-order valence-corrected chi connectivity index (χ2v) is 4.59. The molecule has 0 spiro atoms. The van der Waals surface area contributed by atoms with Gasteiger partial charge in [0.25, 0.3) is 0 Å². The lowest BCUT2D eigenvalue weighted by atomic mass is 10.0. The van der Waals surface area contributed by atoms with E-state index in [4.69, 9.17) is 9.84 Å². The fraction of sp³-hybridized carbons (Fsp3) is 0.400. The third-order valence-corrected chi connectivity index (χ3v) is 3.06. The van der Waals surface area contributed by atoms with E-state index in [9.17, 15) is 20.1 Å². The second-order valence-electron chi connectivity index (χ2n) is 4.59. The highest BCUT2D eigenvalue weighted by molar-refractivity contribution is 5.57. The van der Waals surface area contributed by atoms with Crippen molar-refractivity contribution in [3.05, 3.63) is 42.0 Å². The number of aliphatic hydroxyl groups excluding tert-OH is 4. The first kappa shape index (κ1) is 17.5. The predicted octanol–water partition coefficient (Wildman–Crippen LogP) is -0.511. The largest absolute Gasteiger partial charge is 0.394 e. The van der Waals surface area contributed by atoms with Crippen LogP contribution in [0.25, 0.3) is 6.08 Å². The number of aliphatic hydroxyl groups is 4. The summed E-state index contributed by atoms with van der Waals surface area (Å²) in [5.74, 6) is 0. The molecule has 1 aromatic rings. The van der Waals surface area contributed by atoms with Gasteiger partial charge in [0.2, 0.25) is 0 Å². The summed E-state index contributed by atoms with van der Waals surface area (Å²) in [5.41, 5.74) is 1.71. The zero-order chi connectivity index (χ0) is 15.8. The predicted molar refractivity (Wildman–Crippen MR) is 76.3 cm³/mol. The Labute approximate surface area is 122 Å². The molecule has 0 radical (unpaired) electrons. The van der Waals surface area contributed by atoms with Crippen LogP contribution in [0.15, 0.2) is 30.8 Å². The van der Waals surface area contributed by atoms with Crippen molar-refractivity contribution >= 4 is 12.4 Å². The molecule has 6 heteroatoms. The zero-order valence-corrected chi connectivity index (χ0v) is 11.5. The summed E-state index contributed by atoms with van der Waals surface area (Å²) in [5, 5.41) is 37.2. The van der Waals surface area contributed by atoms with Gasteiger partial charge < -0.3 is 30.0 Å². The molecule has 0 bridgehead atoms. The van der Waals surface area contributed by atoms with E-state index in [0.717, 1.165) is 11.1 Å². The van der Waals surface area contributed by atoms with E-state index >= 15 is 0 Å². The lowest BCUT2D eigenvalue weighted by Gasteiger charge is -2.25. The van der Waals surface area contributed by atoms with Crippen LogP contribution in [-0.2, 0) is 16.1 Å². The standard InChI is InChI=1S/C15H20O6/c1-2-10-3-5-11(6-4-10)9-21-13(8-17)15(20)14(19)12(18)7-16/h2-6,8,12-16,18-20H,1,7,9H2/t12-,13+,14-,15-/m1/s1. The van der Waals surface area contributed by atoms with Gasteiger partial charge in [-0.25, -0.2) is 0 Å². The Morgan fingerprint density at radius 2 is 1.76 bits per heavy atom. The minimum atomic E-state index is -1.67. The molecule has 0 aliphatic carbocycles. The van der Waals surface area contributed by atoms with Gasteiger partial charge >= 0.3 is 0 Å². The smallest absolute Gasteiger partial charge is 0.151 e. The van der Waals surface area contributed by atoms with Gasteiger partial charge in [-0.15, -0.1) is 0 Å². The van der Waals surface area contributed by atoms with Gasteiger partial charge in [0.1, 0.15) is 24.4 Å². The molecule has 0 aliphatic rings. The monoisotopic (exact) mass is 296 g/mol. The third-order valence-electron chi connectivity index (χ3n) is 3.06. The number of hydrogen-bond donors (Lipinski definition) is 4. The minimum absolute atomic E-state index is 0.0554. The zero-order valence-electron chi connectivity index (χ0n) is 11.5. The number of hydrogen-bond acceptors (Lipinski definition) is 6. The van der Waals surface area contributed by atoms with Crippen molar-refractivity contribution in [1.29, 1.82) is 0 Å². The van der Waals surface area contributed by atoms with Crippen LogP contribution in [0, 0.1) is 0 Å². The summed E-state index contributed by atoms with van der Waals surface area (Å²) in [6.07, 6.45) is -4.12. The summed E-state index contributed by atoms with van der Waals surface area (Å²) in [6, 6.07) is 7.21. The first-order valence-corrected chi connectivity index (χ1v) is 6.46. The van der Waals surface area contributed by atoms with Gasteiger partial charge in [-0.05, 0) is 11.1 Å². The Morgan fingerprint density at radius 3 is 2.24 bits per heavy atom. The van der Waals surface area contributed by atoms with Crippen LogP contribution in [0.3, 0.4) is 0 Å². The van der Waals surface area contributed by atoms with E-state index in [0.29, 0.717) is 6.29 Å². The number of carbonyl (C=O) groups excluding carboxylic acids is 1. The summed E-state index contributed by atoms with van der Waals surface area (Å²) >= 11 is 0. The van der Waals surface area contributed by atoms with Crippen molar-refractivity contribution in [2.24, 2.45) is 0 Å². The maximum atomic E-state index is 10.9. The highest BCUT2D eigenvalue weighted by atomic mass is 16.5. The maximum Gasteiger partial charge on any atom is 0.151 e. The molecule has 0 saturated carbocycles. The average Bonchev–Trinajstić information content (AvgIpc) is 2.54. The van der Waals surface area contributed by atoms with Crippen molar-refractivity contribution in [2.45, 2.75) is 31.0 Å². The van der Waals surface area contributed by atoms with E-state index in [2.05, 4.69) is 6.58 Å². The molecule has 0 aromatic heterocycles. The molecule has 0 saturated heterocycles. The second kappa shape index (κ2) is 8.66. The average molecular weight is 296 g/mol. The van der Waals surface area contributed by atoms with Crippen LogP contribution in [0.2, 0.25) is 0 Å². The Bertz CT molecular complexity index is 444. The normalized spacial score (nSPS) is 16.8. The summed E-state index contributed by atoms with van der Waals surface area (Å²) in [6.45, 7) is 2.96. The van der Waals surface area contributed by atoms with E-state index in [1.165, 1.54) is 0 Å². The van der Waals surface area contributed by atoms with E-state index in [1.807, 2.05) is 12.1 Å². The molecule has 4 N–H and O–H groups in total. The highest BCUT2D eigenvalue weighted by Crippen LogP contribution is 2.11. The van der Waals surface area contributed by atoms with Crippen molar-refractivity contribution in [2.75, 3.05) is 6.61 Å². The number of benzene rings is 1. The molecule has 0 amide bonds. The Hall–Kier alpha value is -1.57. The topological polar surface area (TPSA) is 107 Å². The molecule has 4 atom stereocenters. The van der Waals surface area contributed by atoms with Crippen LogP contribution in [0.1, 0.15) is 11.1 Å². The van der Waals surface area contributed by atoms with Gasteiger partial charge in [0.15, 0.2) is 6.29 Å². The Balaban J connectivity index is 2.60. The van der Waals surface area contributed by atoms with Gasteiger partial charge in [0, 0.05) is 0 Å². The van der Waals surface area contributed by atoms with Gasteiger partial charge in [-0.3, -0.25) is 0 Å². The number of rotatable bonds is 9. The molecule has 6 nitrogen and oxygen atoms in total. The molecule has 0 heterocycles. The molecule has 21 heavy (non-hydrogen) atoms. The van der Waals surface area contributed by atoms with Crippen LogP contribution in [0.4, 0.5) is 0 Å². The molecular weight excluding hydrogens is 276 g/mol. The quantitative estimate of drug-likeness (QED) is 0.457. The molecule has 0 fully saturated rings. The third kappa shape index (κ3) is 5.04. The van der Waals surface area contributed by atoms with Crippen molar-refractivity contribution < 1.29 is 30.0 Å². The van der Waals surface area contributed by atoms with Crippen LogP contribution >= 0.6 is 0 Å². The molecule has 116 valence electrons. The first-order chi connectivity index (χ1) is 10.0. The lowest BCUT2D eigenvalue weighted by Crippen LogP contribution is -2.47. The summed E-state index contributed by atoms with van der Waals surface area (Å²) in [4.78, 5) is 10.9. The minimum Gasteiger partial charge on any atom is -0.394 e. The SMILES string of the molecule is C=Cc1ccc(CO[C@@H](C=O)[C@@H](O)[C@H](O)[C@H](O)CO)cc1. The van der Waals surface area contributed by atoms with E-state index in [-0.39, 0.29) is 6.61 Å². The Morgan fingerprint density at radius 1 is 1.14 bits per heavy atom. The molecule has 1 rings (SSSR count). The molecule has 1 aromatic carbocycles. The highest BCUT2D eigenvalue weighted by Gasteiger charge is 2.31. The molecular formula is C15H20O6. The van der Waals surface area contributed by atoms with Crippen molar-refractivity contribution in [1.82, 2.24) is 0 Å². The van der Waals surface area contributed by atoms with Crippen molar-refractivity contribution in [3.63, 3.8) is 0 Å². The fourth-order valence-electron chi connectivity index (χ4n) is 1.69. The molecule has 0 aliphatic heterocycles. The van der Waals surface area contributed by atoms with E-state index in [1.54, 1.807) is 18.2 Å². The fourth-order valence-corrected chi connectivity index (χ4v) is 1.69. The van der Waals surface area contributed by atoms with Crippen molar-refractivity contribution in [3.8, 4) is 0 Å². The van der Waals surface area contributed by atoms with Crippen LogP contribution < -0.4 is 0 Å². The lowest BCUT2D eigenvalue weighted by molar-refractivity contribution is -0.147. The first-order valence-electron chi connectivity index (χ1n) is 6.46. The summed E-state index contributed by atoms with van der Waals surface area (Å²) in [7, 11) is 0.